The first-order valence-electron chi connectivity index (χ1n) is 8.08. The van der Waals surface area contributed by atoms with Gasteiger partial charge in [-0.2, -0.15) is 0 Å². The van der Waals surface area contributed by atoms with Gasteiger partial charge in [-0.25, -0.2) is 4.98 Å². The van der Waals surface area contributed by atoms with Crippen molar-refractivity contribution in [3.05, 3.63) is 59.2 Å². The molecule has 0 spiro atoms. The zero-order chi connectivity index (χ0) is 15.1. The lowest BCUT2D eigenvalue weighted by atomic mass is 9.91. The van der Waals surface area contributed by atoms with Crippen molar-refractivity contribution in [2.45, 2.75) is 38.6 Å². The summed E-state index contributed by atoms with van der Waals surface area (Å²) in [5, 5.41) is 0. The molecule has 112 valence electrons. The number of nitrogens with two attached hydrogens (primary N) is 1. The summed E-state index contributed by atoms with van der Waals surface area (Å²) in [7, 11) is 0. The summed E-state index contributed by atoms with van der Waals surface area (Å²) in [6.07, 6.45) is 4.92. The molecule has 4 rings (SSSR count). The number of fused-ring (bicyclic) bond motifs is 2. The summed E-state index contributed by atoms with van der Waals surface area (Å²) in [6, 6.07) is 15.2. The first-order chi connectivity index (χ1) is 10.7. The molecule has 1 unspecified atom stereocenters. The summed E-state index contributed by atoms with van der Waals surface area (Å²) in [4.78, 5) is 4.61. The molecule has 0 fully saturated rings. The van der Waals surface area contributed by atoms with Crippen molar-refractivity contribution in [1.82, 2.24) is 9.55 Å². The highest BCUT2D eigenvalue weighted by Gasteiger charge is 2.18. The Bertz CT molecular complexity index is 818. The lowest BCUT2D eigenvalue weighted by Gasteiger charge is -2.19. The Morgan fingerprint density at radius 2 is 1.73 bits per heavy atom. The van der Waals surface area contributed by atoms with Crippen LogP contribution in [0, 0.1) is 0 Å². The van der Waals surface area contributed by atoms with Gasteiger partial charge in [-0.15, -0.1) is 0 Å². The third-order valence-corrected chi connectivity index (χ3v) is 4.85. The van der Waals surface area contributed by atoms with Crippen LogP contribution >= 0.6 is 0 Å². The highest BCUT2D eigenvalue weighted by Crippen LogP contribution is 2.31. The fraction of sp³-hybridized carbons (Fsp3) is 0.316. The quantitative estimate of drug-likeness (QED) is 0.772. The summed E-state index contributed by atoms with van der Waals surface area (Å²) in [5.74, 6) is 0.605. The van der Waals surface area contributed by atoms with Gasteiger partial charge in [0.25, 0.3) is 0 Å². The Hall–Kier alpha value is -2.29. The number of rotatable bonds is 2. The molecule has 1 aliphatic rings. The number of hydrogen-bond acceptors (Lipinski definition) is 2. The molecule has 3 aromatic rings. The molecule has 0 saturated heterocycles. The van der Waals surface area contributed by atoms with E-state index in [1.807, 2.05) is 6.07 Å². The van der Waals surface area contributed by atoms with Crippen molar-refractivity contribution in [3.63, 3.8) is 0 Å². The monoisotopic (exact) mass is 291 g/mol. The normalized spacial score (nSPS) is 15.7. The molecule has 0 bridgehead atoms. The van der Waals surface area contributed by atoms with E-state index in [2.05, 4.69) is 52.9 Å². The van der Waals surface area contributed by atoms with Gasteiger partial charge in [-0.3, -0.25) is 0 Å². The van der Waals surface area contributed by atoms with Gasteiger partial charge in [0.1, 0.15) is 0 Å². The molecule has 1 aromatic heterocycles. The average molecular weight is 291 g/mol. The molecule has 1 aliphatic carbocycles. The van der Waals surface area contributed by atoms with Crippen molar-refractivity contribution in [1.29, 1.82) is 0 Å². The molecule has 2 aromatic carbocycles. The van der Waals surface area contributed by atoms with Crippen LogP contribution in [0.25, 0.3) is 11.0 Å². The van der Waals surface area contributed by atoms with Crippen LogP contribution in [0.5, 0.6) is 0 Å². The van der Waals surface area contributed by atoms with Gasteiger partial charge < -0.3 is 10.3 Å². The largest absolute Gasteiger partial charge is 0.369 e. The number of nitrogens with zero attached hydrogens (tertiary/aromatic N) is 2. The Kier molecular flexibility index (Phi) is 3.14. The molecule has 22 heavy (non-hydrogen) atoms. The Morgan fingerprint density at radius 1 is 1.05 bits per heavy atom. The Balaban J connectivity index is 1.88. The lowest BCUT2D eigenvalue weighted by molar-refractivity contribution is 0.664. The van der Waals surface area contributed by atoms with Crippen LogP contribution < -0.4 is 5.73 Å². The van der Waals surface area contributed by atoms with Crippen LogP contribution in [0.15, 0.2) is 42.5 Å². The fourth-order valence-corrected chi connectivity index (χ4v) is 3.63. The first kappa shape index (κ1) is 13.4. The second kappa shape index (κ2) is 5.16. The first-order valence-corrected chi connectivity index (χ1v) is 8.08. The summed E-state index contributed by atoms with van der Waals surface area (Å²) >= 11 is 0. The van der Waals surface area contributed by atoms with Gasteiger partial charge in [0.05, 0.1) is 17.1 Å². The summed E-state index contributed by atoms with van der Waals surface area (Å²) in [5.41, 5.74) is 12.6. The van der Waals surface area contributed by atoms with Gasteiger partial charge in [0.2, 0.25) is 5.95 Å². The molecule has 0 saturated carbocycles. The van der Waals surface area contributed by atoms with Crippen LogP contribution in [0.1, 0.15) is 42.5 Å². The molecule has 0 radical (unpaired) electrons. The third kappa shape index (κ3) is 2.08. The topological polar surface area (TPSA) is 43.8 Å². The zero-order valence-electron chi connectivity index (χ0n) is 12.9. The number of hydrogen-bond donors (Lipinski definition) is 1. The van der Waals surface area contributed by atoms with Gasteiger partial charge >= 0.3 is 0 Å². The van der Waals surface area contributed by atoms with Crippen LogP contribution in [0.3, 0.4) is 0 Å². The molecular formula is C19H21N3. The number of anilines is 1. The molecule has 0 amide bonds. The lowest BCUT2D eigenvalue weighted by Crippen LogP contribution is -2.10. The van der Waals surface area contributed by atoms with E-state index >= 15 is 0 Å². The van der Waals surface area contributed by atoms with E-state index in [1.165, 1.54) is 42.4 Å². The van der Waals surface area contributed by atoms with E-state index < -0.39 is 0 Å². The van der Waals surface area contributed by atoms with Crippen LogP contribution in [0.2, 0.25) is 0 Å². The van der Waals surface area contributed by atoms with Crippen molar-refractivity contribution in [2.75, 3.05) is 5.73 Å². The number of aryl methyl sites for hydroxylation is 2. The standard InChI is InChI=1S/C19H21N3/c1-13(14-7-3-2-4-8-14)22-18-12-16-10-6-5-9-15(16)11-17(18)21-19(22)20/h2-4,7-8,11-13H,5-6,9-10H2,1H3,(H2,20,21). The smallest absolute Gasteiger partial charge is 0.201 e. The van der Waals surface area contributed by atoms with Gasteiger partial charge in [-0.1, -0.05) is 30.3 Å². The maximum Gasteiger partial charge on any atom is 0.201 e. The molecule has 3 nitrogen and oxygen atoms in total. The van der Waals surface area contributed by atoms with Gasteiger partial charge in [0, 0.05) is 0 Å². The van der Waals surface area contributed by atoms with E-state index in [4.69, 9.17) is 5.73 Å². The summed E-state index contributed by atoms with van der Waals surface area (Å²) in [6.45, 7) is 2.19. The van der Waals surface area contributed by atoms with E-state index in [-0.39, 0.29) is 6.04 Å². The second-order valence-electron chi connectivity index (χ2n) is 6.24. The van der Waals surface area contributed by atoms with Crippen molar-refractivity contribution < 1.29 is 0 Å². The second-order valence-corrected chi connectivity index (χ2v) is 6.24. The minimum Gasteiger partial charge on any atom is -0.369 e. The Labute approximate surface area is 130 Å². The molecular weight excluding hydrogens is 270 g/mol. The van der Waals surface area contributed by atoms with E-state index in [9.17, 15) is 0 Å². The van der Waals surface area contributed by atoms with Crippen LogP contribution in [-0.2, 0) is 12.8 Å². The average Bonchev–Trinajstić information content (AvgIpc) is 2.87. The molecule has 1 atom stereocenters. The minimum atomic E-state index is 0.188. The van der Waals surface area contributed by atoms with Crippen LogP contribution in [0.4, 0.5) is 5.95 Å². The van der Waals surface area contributed by atoms with Gasteiger partial charge in [-0.05, 0) is 61.4 Å². The maximum absolute atomic E-state index is 6.24. The number of benzene rings is 2. The fourth-order valence-electron chi connectivity index (χ4n) is 3.63. The molecule has 1 heterocycles. The highest BCUT2D eigenvalue weighted by molar-refractivity contribution is 5.81. The summed E-state index contributed by atoms with van der Waals surface area (Å²) < 4.78 is 2.17. The zero-order valence-corrected chi connectivity index (χ0v) is 12.9. The SMILES string of the molecule is CC(c1ccccc1)n1c(N)nc2cc3c(cc21)CCCC3. The van der Waals surface area contributed by atoms with Crippen molar-refractivity contribution in [2.24, 2.45) is 0 Å². The van der Waals surface area contributed by atoms with E-state index in [0.29, 0.717) is 5.95 Å². The molecule has 2 N–H and O–H groups in total. The predicted molar refractivity (Wildman–Crippen MR) is 91.0 cm³/mol. The van der Waals surface area contributed by atoms with Crippen molar-refractivity contribution >= 4 is 17.0 Å². The minimum absolute atomic E-state index is 0.188. The van der Waals surface area contributed by atoms with Crippen LogP contribution in [-0.4, -0.2) is 9.55 Å². The number of imidazole rings is 1. The molecule has 3 heteroatoms. The predicted octanol–water partition coefficient (Wildman–Crippen LogP) is 4.11. The third-order valence-electron chi connectivity index (χ3n) is 4.85. The van der Waals surface area contributed by atoms with Crippen molar-refractivity contribution in [3.8, 4) is 0 Å². The Morgan fingerprint density at radius 3 is 2.45 bits per heavy atom. The highest BCUT2D eigenvalue weighted by atomic mass is 15.2. The van der Waals surface area contributed by atoms with E-state index in [0.717, 1.165) is 11.0 Å². The number of aromatic nitrogens is 2. The molecule has 0 aliphatic heterocycles. The van der Waals surface area contributed by atoms with E-state index in [1.54, 1.807) is 0 Å². The number of nitrogen functional groups attached to an aromatic ring is 1. The van der Waals surface area contributed by atoms with Gasteiger partial charge in [0.15, 0.2) is 0 Å². The maximum atomic E-state index is 6.24.